The van der Waals surface area contributed by atoms with E-state index in [1.54, 1.807) is 0 Å². The van der Waals surface area contributed by atoms with Gasteiger partial charge in [-0.3, -0.25) is 0 Å². The van der Waals surface area contributed by atoms with Gasteiger partial charge in [-0.2, -0.15) is 0 Å². The first-order chi connectivity index (χ1) is 7.65. The molecule has 0 aliphatic carbocycles. The lowest BCUT2D eigenvalue weighted by Crippen LogP contribution is -1.94. The quantitative estimate of drug-likeness (QED) is 0.631. The summed E-state index contributed by atoms with van der Waals surface area (Å²) in [5.74, 6) is 0. The normalized spacial score (nSPS) is 10.1. The average molecular weight is 345 g/mol. The highest BCUT2D eigenvalue weighted by Crippen LogP contribution is 2.25. The topological polar surface area (TPSA) is 38.0 Å². The van der Waals surface area contributed by atoms with Gasteiger partial charge < -0.3 is 11.1 Å². The van der Waals surface area contributed by atoms with E-state index < -0.39 is 0 Å². The van der Waals surface area contributed by atoms with E-state index in [-0.39, 0.29) is 0 Å². The molecule has 16 heavy (non-hydrogen) atoms. The van der Waals surface area contributed by atoms with Crippen molar-refractivity contribution in [3.63, 3.8) is 0 Å². The summed E-state index contributed by atoms with van der Waals surface area (Å²) in [5, 5.41) is 4.04. The first-order valence-electron chi connectivity index (χ1n) is 4.73. The zero-order chi connectivity index (χ0) is 11.5. The lowest BCUT2D eigenvalue weighted by Gasteiger charge is -2.09. The van der Waals surface area contributed by atoms with E-state index in [2.05, 4.69) is 27.9 Å². The van der Waals surface area contributed by atoms with Crippen molar-refractivity contribution in [2.45, 2.75) is 0 Å². The molecule has 0 heterocycles. The molecule has 0 bridgehead atoms. The Kier molecular flexibility index (Phi) is 3.56. The van der Waals surface area contributed by atoms with Gasteiger partial charge in [-0.05, 0) is 65.1 Å². The van der Waals surface area contributed by atoms with Gasteiger partial charge in [-0.1, -0.05) is 11.6 Å². The fourth-order valence-corrected chi connectivity index (χ4v) is 2.12. The number of anilines is 3. The SMILES string of the molecule is Nc1ccc(Nc2ccc(Cl)cc2)c(I)c1. The van der Waals surface area contributed by atoms with E-state index in [1.807, 2.05) is 42.5 Å². The van der Waals surface area contributed by atoms with Gasteiger partial charge in [0.15, 0.2) is 0 Å². The lowest BCUT2D eigenvalue weighted by molar-refractivity contribution is 1.52. The Balaban J connectivity index is 2.23. The average Bonchev–Trinajstić information content (AvgIpc) is 2.25. The van der Waals surface area contributed by atoms with Crippen LogP contribution in [0.5, 0.6) is 0 Å². The number of benzene rings is 2. The minimum absolute atomic E-state index is 0.734. The van der Waals surface area contributed by atoms with Gasteiger partial charge in [0.25, 0.3) is 0 Å². The van der Waals surface area contributed by atoms with Gasteiger partial charge >= 0.3 is 0 Å². The predicted molar refractivity (Wildman–Crippen MR) is 78.3 cm³/mol. The van der Waals surface area contributed by atoms with Crippen LogP contribution in [0, 0.1) is 3.57 Å². The second-order valence-electron chi connectivity index (χ2n) is 3.37. The van der Waals surface area contributed by atoms with Crippen molar-refractivity contribution in [3.05, 3.63) is 51.1 Å². The third-order valence-corrected chi connectivity index (χ3v) is 3.26. The summed E-state index contributed by atoms with van der Waals surface area (Å²) >= 11 is 8.07. The summed E-state index contributed by atoms with van der Waals surface area (Å²) in [6.45, 7) is 0. The molecule has 0 fully saturated rings. The van der Waals surface area contributed by atoms with Crippen LogP contribution in [0.1, 0.15) is 0 Å². The van der Waals surface area contributed by atoms with Gasteiger partial charge in [0.1, 0.15) is 0 Å². The Hall–Kier alpha value is -0.940. The molecule has 0 aliphatic rings. The molecular formula is C12H10ClIN2. The second kappa shape index (κ2) is 4.93. The zero-order valence-electron chi connectivity index (χ0n) is 8.37. The number of nitrogens with one attached hydrogen (secondary N) is 1. The largest absolute Gasteiger partial charge is 0.399 e. The first-order valence-corrected chi connectivity index (χ1v) is 6.18. The molecule has 0 saturated carbocycles. The van der Waals surface area contributed by atoms with E-state index >= 15 is 0 Å². The van der Waals surface area contributed by atoms with E-state index in [0.29, 0.717) is 0 Å². The van der Waals surface area contributed by atoms with Crippen molar-refractivity contribution >= 4 is 51.3 Å². The number of hydrogen-bond donors (Lipinski definition) is 2. The van der Waals surface area contributed by atoms with Crippen molar-refractivity contribution in [2.24, 2.45) is 0 Å². The van der Waals surface area contributed by atoms with E-state index in [1.165, 1.54) is 0 Å². The predicted octanol–water partition coefficient (Wildman–Crippen LogP) is 4.27. The van der Waals surface area contributed by atoms with Crippen molar-refractivity contribution < 1.29 is 0 Å². The minimum Gasteiger partial charge on any atom is -0.399 e. The molecule has 4 heteroatoms. The second-order valence-corrected chi connectivity index (χ2v) is 4.97. The van der Waals surface area contributed by atoms with Crippen LogP contribution >= 0.6 is 34.2 Å². The van der Waals surface area contributed by atoms with Gasteiger partial charge in [0.2, 0.25) is 0 Å². The third-order valence-electron chi connectivity index (χ3n) is 2.12. The maximum absolute atomic E-state index is 5.82. The lowest BCUT2D eigenvalue weighted by atomic mass is 10.2. The molecule has 2 aromatic rings. The van der Waals surface area contributed by atoms with Crippen LogP contribution in [0.2, 0.25) is 5.02 Å². The fraction of sp³-hybridized carbons (Fsp3) is 0. The summed E-state index contributed by atoms with van der Waals surface area (Å²) in [5.41, 5.74) is 8.51. The summed E-state index contributed by atoms with van der Waals surface area (Å²) in [6.07, 6.45) is 0. The third kappa shape index (κ3) is 2.80. The molecule has 0 radical (unpaired) electrons. The van der Waals surface area contributed by atoms with Crippen LogP contribution in [0.15, 0.2) is 42.5 Å². The van der Waals surface area contributed by atoms with Gasteiger partial charge in [0, 0.05) is 20.0 Å². The Labute approximate surface area is 113 Å². The monoisotopic (exact) mass is 344 g/mol. The van der Waals surface area contributed by atoms with Crippen LogP contribution in [0.25, 0.3) is 0 Å². The standard InChI is InChI=1S/C12H10ClIN2/c13-8-1-4-10(5-2-8)16-12-6-3-9(15)7-11(12)14/h1-7,16H,15H2. The number of nitrogens with two attached hydrogens (primary N) is 1. The molecule has 2 rings (SSSR count). The first kappa shape index (κ1) is 11.5. The molecular weight excluding hydrogens is 335 g/mol. The molecule has 0 amide bonds. The van der Waals surface area contributed by atoms with Gasteiger partial charge in [0.05, 0.1) is 5.69 Å². The Morgan fingerprint density at radius 2 is 1.75 bits per heavy atom. The van der Waals surface area contributed by atoms with Gasteiger partial charge in [-0.25, -0.2) is 0 Å². The molecule has 0 aromatic heterocycles. The van der Waals surface area contributed by atoms with Crippen LogP contribution in [0.4, 0.5) is 17.1 Å². The zero-order valence-corrected chi connectivity index (χ0v) is 11.3. The molecule has 0 saturated heterocycles. The van der Waals surface area contributed by atoms with E-state index in [9.17, 15) is 0 Å². The van der Waals surface area contributed by atoms with Crippen molar-refractivity contribution in [3.8, 4) is 0 Å². The molecule has 82 valence electrons. The molecule has 2 nitrogen and oxygen atoms in total. The fourth-order valence-electron chi connectivity index (χ4n) is 1.32. The molecule has 0 unspecified atom stereocenters. The van der Waals surface area contributed by atoms with Crippen LogP contribution in [-0.2, 0) is 0 Å². The summed E-state index contributed by atoms with van der Waals surface area (Å²) < 4.78 is 1.09. The smallest absolute Gasteiger partial charge is 0.0521 e. The van der Waals surface area contributed by atoms with E-state index in [4.69, 9.17) is 17.3 Å². The van der Waals surface area contributed by atoms with Crippen LogP contribution in [0.3, 0.4) is 0 Å². The highest BCUT2D eigenvalue weighted by atomic mass is 127. The van der Waals surface area contributed by atoms with Crippen LogP contribution < -0.4 is 11.1 Å². The summed E-state index contributed by atoms with van der Waals surface area (Å²) in [4.78, 5) is 0. The minimum atomic E-state index is 0.734. The highest BCUT2D eigenvalue weighted by molar-refractivity contribution is 14.1. The maximum Gasteiger partial charge on any atom is 0.0521 e. The van der Waals surface area contributed by atoms with Crippen LogP contribution in [-0.4, -0.2) is 0 Å². The number of hydrogen-bond acceptors (Lipinski definition) is 2. The van der Waals surface area contributed by atoms with Crippen molar-refractivity contribution in [2.75, 3.05) is 11.1 Å². The number of nitrogen functional groups attached to an aromatic ring is 1. The van der Waals surface area contributed by atoms with E-state index in [0.717, 1.165) is 25.7 Å². The molecule has 2 aromatic carbocycles. The molecule has 0 aliphatic heterocycles. The highest BCUT2D eigenvalue weighted by Gasteiger charge is 2.00. The number of rotatable bonds is 2. The summed E-state index contributed by atoms with van der Waals surface area (Å²) in [7, 11) is 0. The summed E-state index contributed by atoms with van der Waals surface area (Å²) in [6, 6.07) is 13.4. The van der Waals surface area contributed by atoms with Gasteiger partial charge in [-0.15, -0.1) is 0 Å². The number of halogens is 2. The molecule has 0 atom stereocenters. The molecule has 3 N–H and O–H groups in total. The van der Waals surface area contributed by atoms with Crippen molar-refractivity contribution in [1.82, 2.24) is 0 Å². The van der Waals surface area contributed by atoms with Crippen molar-refractivity contribution in [1.29, 1.82) is 0 Å². The maximum atomic E-state index is 5.82. The Morgan fingerprint density at radius 1 is 1.06 bits per heavy atom. The Morgan fingerprint density at radius 3 is 2.38 bits per heavy atom. The Bertz CT molecular complexity index is 497. The molecule has 0 spiro atoms.